The molecule has 132 valence electrons. The van der Waals surface area contributed by atoms with Crippen molar-refractivity contribution in [2.75, 3.05) is 26.9 Å². The average Bonchev–Trinajstić information content (AvgIpc) is 3.00. The second-order valence-electron chi connectivity index (χ2n) is 5.59. The zero-order valence-corrected chi connectivity index (χ0v) is 13.7. The van der Waals surface area contributed by atoms with Crippen LogP contribution in [0.25, 0.3) is 0 Å². The van der Waals surface area contributed by atoms with Crippen molar-refractivity contribution in [1.29, 1.82) is 0 Å². The molecular weight excluding hydrogens is 318 g/mol. The highest BCUT2D eigenvalue weighted by molar-refractivity contribution is 5.60. The number of para-hydroxylation sites is 1. The molecule has 3 atom stereocenters. The SMILES string of the molecule is COC[C@H]1OCC[C@H]1OC(=O)OCC(C)c1ccccc1[N+](=O)[O-]. The van der Waals surface area contributed by atoms with Gasteiger partial charge in [0, 0.05) is 31.1 Å². The van der Waals surface area contributed by atoms with Crippen LogP contribution in [0.3, 0.4) is 0 Å². The maximum Gasteiger partial charge on any atom is 0.508 e. The molecule has 0 saturated carbocycles. The van der Waals surface area contributed by atoms with E-state index in [2.05, 4.69) is 0 Å². The molecule has 8 nitrogen and oxygen atoms in total. The van der Waals surface area contributed by atoms with Gasteiger partial charge in [0.2, 0.25) is 0 Å². The normalized spacial score (nSPS) is 21.2. The molecule has 0 amide bonds. The van der Waals surface area contributed by atoms with Gasteiger partial charge in [0.1, 0.15) is 18.8 Å². The Balaban J connectivity index is 1.86. The topological polar surface area (TPSA) is 97.1 Å². The van der Waals surface area contributed by atoms with E-state index in [1.165, 1.54) is 6.07 Å². The summed E-state index contributed by atoms with van der Waals surface area (Å²) in [6, 6.07) is 6.38. The van der Waals surface area contributed by atoms with Gasteiger partial charge < -0.3 is 18.9 Å². The molecule has 0 N–H and O–H groups in total. The number of carbonyl (C=O) groups is 1. The van der Waals surface area contributed by atoms with Crippen molar-refractivity contribution in [3.05, 3.63) is 39.9 Å². The zero-order valence-electron chi connectivity index (χ0n) is 13.7. The second-order valence-corrected chi connectivity index (χ2v) is 5.59. The van der Waals surface area contributed by atoms with E-state index in [1.54, 1.807) is 32.2 Å². The number of methoxy groups -OCH3 is 1. The average molecular weight is 339 g/mol. The molecule has 1 aromatic rings. The van der Waals surface area contributed by atoms with Crippen LogP contribution in [-0.4, -0.2) is 50.2 Å². The van der Waals surface area contributed by atoms with Gasteiger partial charge in [-0.05, 0) is 0 Å². The van der Waals surface area contributed by atoms with Crippen LogP contribution in [0.15, 0.2) is 24.3 Å². The molecule has 0 aromatic heterocycles. The Kier molecular flexibility index (Phi) is 6.51. The highest BCUT2D eigenvalue weighted by Gasteiger charge is 2.32. The third kappa shape index (κ3) is 4.65. The molecule has 8 heteroatoms. The van der Waals surface area contributed by atoms with Crippen LogP contribution >= 0.6 is 0 Å². The van der Waals surface area contributed by atoms with Gasteiger partial charge in [-0.1, -0.05) is 25.1 Å². The minimum absolute atomic E-state index is 0.00585. The van der Waals surface area contributed by atoms with Crippen LogP contribution in [0.4, 0.5) is 10.5 Å². The summed E-state index contributed by atoms with van der Waals surface area (Å²) < 4.78 is 20.8. The van der Waals surface area contributed by atoms with E-state index >= 15 is 0 Å². The molecule has 24 heavy (non-hydrogen) atoms. The van der Waals surface area contributed by atoms with Crippen molar-refractivity contribution >= 4 is 11.8 Å². The van der Waals surface area contributed by atoms with Crippen molar-refractivity contribution < 1.29 is 28.7 Å². The Labute approximate surface area is 139 Å². The van der Waals surface area contributed by atoms with Crippen molar-refractivity contribution in [2.24, 2.45) is 0 Å². The monoisotopic (exact) mass is 339 g/mol. The van der Waals surface area contributed by atoms with Crippen LogP contribution in [0.1, 0.15) is 24.8 Å². The van der Waals surface area contributed by atoms with Crippen molar-refractivity contribution in [3.8, 4) is 0 Å². The van der Waals surface area contributed by atoms with Crippen LogP contribution in [-0.2, 0) is 18.9 Å². The van der Waals surface area contributed by atoms with Gasteiger partial charge in [0.15, 0.2) is 0 Å². The zero-order chi connectivity index (χ0) is 17.5. The van der Waals surface area contributed by atoms with Gasteiger partial charge in [-0.3, -0.25) is 10.1 Å². The summed E-state index contributed by atoms with van der Waals surface area (Å²) in [4.78, 5) is 22.4. The summed E-state index contributed by atoms with van der Waals surface area (Å²) in [6.45, 7) is 2.58. The smallest absolute Gasteiger partial charge is 0.434 e. The van der Waals surface area contributed by atoms with Gasteiger partial charge in [-0.2, -0.15) is 0 Å². The summed E-state index contributed by atoms with van der Waals surface area (Å²) in [5, 5.41) is 11.0. The minimum atomic E-state index is -0.808. The first-order valence-corrected chi connectivity index (χ1v) is 7.70. The number of hydrogen-bond acceptors (Lipinski definition) is 7. The maximum atomic E-state index is 11.8. The number of benzene rings is 1. The number of carbonyl (C=O) groups excluding carboxylic acids is 1. The van der Waals surface area contributed by atoms with Crippen LogP contribution < -0.4 is 0 Å². The Morgan fingerprint density at radius 1 is 1.46 bits per heavy atom. The first kappa shape index (κ1) is 18.2. The number of nitrogens with zero attached hydrogens (tertiary/aromatic N) is 1. The summed E-state index contributed by atoms with van der Waals surface area (Å²) in [7, 11) is 1.55. The predicted molar refractivity (Wildman–Crippen MR) is 84.0 cm³/mol. The van der Waals surface area contributed by atoms with Gasteiger partial charge in [0.25, 0.3) is 5.69 Å². The Bertz CT molecular complexity index is 577. The first-order valence-electron chi connectivity index (χ1n) is 7.70. The van der Waals surface area contributed by atoms with E-state index < -0.39 is 17.2 Å². The molecule has 1 aliphatic rings. The third-order valence-corrected chi connectivity index (χ3v) is 3.84. The molecule has 1 heterocycles. The number of rotatable bonds is 7. The van der Waals surface area contributed by atoms with Crippen molar-refractivity contribution in [3.63, 3.8) is 0 Å². The predicted octanol–water partition coefficient (Wildman–Crippen LogP) is 2.66. The molecule has 2 rings (SSSR count). The van der Waals surface area contributed by atoms with Crippen LogP contribution in [0.2, 0.25) is 0 Å². The second kappa shape index (κ2) is 8.60. The lowest BCUT2D eigenvalue weighted by Gasteiger charge is -2.18. The van der Waals surface area contributed by atoms with Gasteiger partial charge in [0.05, 0.1) is 18.1 Å². The lowest BCUT2D eigenvalue weighted by Crippen LogP contribution is -2.31. The number of ether oxygens (including phenoxy) is 4. The molecule has 0 spiro atoms. The molecule has 1 aromatic carbocycles. The molecule has 0 aliphatic carbocycles. The Morgan fingerprint density at radius 3 is 2.92 bits per heavy atom. The third-order valence-electron chi connectivity index (χ3n) is 3.84. The van der Waals surface area contributed by atoms with Gasteiger partial charge in [-0.25, -0.2) is 4.79 Å². The Hall–Kier alpha value is -2.19. The summed E-state index contributed by atoms with van der Waals surface area (Å²) >= 11 is 0. The summed E-state index contributed by atoms with van der Waals surface area (Å²) in [5.74, 6) is -0.325. The molecule has 0 bridgehead atoms. The molecule has 1 unspecified atom stereocenters. The summed E-state index contributed by atoms with van der Waals surface area (Å²) in [6.07, 6.45) is -0.922. The fourth-order valence-corrected chi connectivity index (χ4v) is 2.59. The largest absolute Gasteiger partial charge is 0.508 e. The fraction of sp³-hybridized carbons (Fsp3) is 0.562. The quantitative estimate of drug-likeness (QED) is 0.428. The lowest BCUT2D eigenvalue weighted by molar-refractivity contribution is -0.385. The number of hydrogen-bond donors (Lipinski definition) is 0. The van der Waals surface area contributed by atoms with Gasteiger partial charge >= 0.3 is 6.16 Å². The number of nitro benzene ring substituents is 1. The minimum Gasteiger partial charge on any atom is -0.434 e. The molecule has 1 aliphatic heterocycles. The van der Waals surface area contributed by atoms with E-state index in [1.807, 2.05) is 0 Å². The van der Waals surface area contributed by atoms with Crippen molar-refractivity contribution in [2.45, 2.75) is 31.5 Å². The van der Waals surface area contributed by atoms with E-state index in [-0.39, 0.29) is 24.3 Å². The standard InChI is InChI=1S/C16H21NO7/c1-11(12-5-3-4-6-13(12)17(19)20)9-23-16(18)24-14-7-8-22-15(14)10-21-2/h3-6,11,14-15H,7-10H2,1-2H3/t11?,14-,15-/m1/s1. The van der Waals surface area contributed by atoms with E-state index in [0.29, 0.717) is 25.2 Å². The Morgan fingerprint density at radius 2 is 2.21 bits per heavy atom. The van der Waals surface area contributed by atoms with E-state index in [4.69, 9.17) is 18.9 Å². The highest BCUT2D eigenvalue weighted by Crippen LogP contribution is 2.26. The molecule has 1 fully saturated rings. The number of nitro groups is 1. The fourth-order valence-electron chi connectivity index (χ4n) is 2.59. The maximum absolute atomic E-state index is 11.8. The molecule has 1 saturated heterocycles. The van der Waals surface area contributed by atoms with Crippen LogP contribution in [0, 0.1) is 10.1 Å². The van der Waals surface area contributed by atoms with E-state index in [9.17, 15) is 14.9 Å². The lowest BCUT2D eigenvalue weighted by atomic mass is 10.0. The first-order chi connectivity index (χ1) is 11.5. The van der Waals surface area contributed by atoms with Gasteiger partial charge in [-0.15, -0.1) is 0 Å². The highest BCUT2D eigenvalue weighted by atomic mass is 16.7. The molecular formula is C16H21NO7. The van der Waals surface area contributed by atoms with Crippen molar-refractivity contribution in [1.82, 2.24) is 0 Å². The summed E-state index contributed by atoms with van der Waals surface area (Å²) in [5.41, 5.74) is 0.517. The molecule has 0 radical (unpaired) electrons. The van der Waals surface area contributed by atoms with Crippen LogP contribution in [0.5, 0.6) is 0 Å². The van der Waals surface area contributed by atoms with E-state index in [0.717, 1.165) is 0 Å².